The minimum Gasteiger partial charge on any atom is -0.318 e. The molecule has 1 heterocycles. The lowest BCUT2D eigenvalue weighted by molar-refractivity contribution is 0.357. The lowest BCUT2D eigenvalue weighted by Crippen LogP contribution is -2.32. The Kier molecular flexibility index (Phi) is 4.51. The maximum Gasteiger partial charge on any atom is 0.243 e. The summed E-state index contributed by atoms with van der Waals surface area (Å²) in [6, 6.07) is 0. The molecule has 0 saturated heterocycles. The summed E-state index contributed by atoms with van der Waals surface area (Å²) in [4.78, 5) is 0.244. The van der Waals surface area contributed by atoms with Crippen molar-refractivity contribution in [1.29, 1.82) is 0 Å². The van der Waals surface area contributed by atoms with E-state index in [1.54, 1.807) is 10.9 Å². The van der Waals surface area contributed by atoms with Crippen LogP contribution in [-0.4, -0.2) is 38.3 Å². The van der Waals surface area contributed by atoms with Gasteiger partial charge < -0.3 is 5.32 Å². The molecule has 1 aromatic rings. The molecule has 0 spiro atoms. The van der Waals surface area contributed by atoms with Crippen LogP contribution in [0.5, 0.6) is 0 Å². The SMILES string of the molecule is CNCCn1cc(S(=O)(=O)NCC2(C(C)C)CC2)cn1. The average molecular weight is 300 g/mol. The zero-order valence-corrected chi connectivity index (χ0v) is 13.2. The maximum absolute atomic E-state index is 12.2. The zero-order valence-electron chi connectivity index (χ0n) is 12.4. The van der Waals surface area contributed by atoms with Crippen LogP contribution in [0.15, 0.2) is 17.3 Å². The Hall–Kier alpha value is -0.920. The molecule has 0 aliphatic heterocycles. The first-order chi connectivity index (χ1) is 9.39. The molecule has 0 aromatic carbocycles. The van der Waals surface area contributed by atoms with Gasteiger partial charge in [-0.2, -0.15) is 5.10 Å². The van der Waals surface area contributed by atoms with Crippen molar-refractivity contribution in [2.45, 2.75) is 38.1 Å². The zero-order chi connectivity index (χ0) is 14.8. The van der Waals surface area contributed by atoms with Crippen molar-refractivity contribution in [2.75, 3.05) is 20.1 Å². The lowest BCUT2D eigenvalue weighted by Gasteiger charge is -2.19. The summed E-state index contributed by atoms with van der Waals surface area (Å²) < 4.78 is 28.8. The van der Waals surface area contributed by atoms with Gasteiger partial charge in [-0.3, -0.25) is 4.68 Å². The Bertz CT molecular complexity index is 546. The van der Waals surface area contributed by atoms with E-state index in [9.17, 15) is 8.42 Å². The fourth-order valence-electron chi connectivity index (χ4n) is 2.27. The van der Waals surface area contributed by atoms with E-state index in [0.29, 0.717) is 19.0 Å². The Morgan fingerprint density at radius 1 is 1.45 bits per heavy atom. The first-order valence-corrected chi connectivity index (χ1v) is 8.55. The van der Waals surface area contributed by atoms with Crippen LogP contribution in [0.4, 0.5) is 0 Å². The Balaban J connectivity index is 1.98. The van der Waals surface area contributed by atoms with Gasteiger partial charge in [-0.05, 0) is 31.2 Å². The normalized spacial score (nSPS) is 17.6. The highest BCUT2D eigenvalue weighted by Gasteiger charge is 2.45. The molecule has 20 heavy (non-hydrogen) atoms. The molecule has 2 rings (SSSR count). The lowest BCUT2D eigenvalue weighted by atomic mass is 9.93. The van der Waals surface area contributed by atoms with Crippen LogP contribution in [0.3, 0.4) is 0 Å². The summed E-state index contributed by atoms with van der Waals surface area (Å²) in [5.41, 5.74) is 0.162. The van der Waals surface area contributed by atoms with Crippen molar-refractivity contribution in [3.05, 3.63) is 12.4 Å². The predicted molar refractivity (Wildman–Crippen MR) is 77.8 cm³/mol. The summed E-state index contributed by atoms with van der Waals surface area (Å²) >= 11 is 0. The Morgan fingerprint density at radius 3 is 2.70 bits per heavy atom. The van der Waals surface area contributed by atoms with E-state index >= 15 is 0 Å². The molecule has 0 unspecified atom stereocenters. The number of nitrogens with one attached hydrogen (secondary N) is 2. The van der Waals surface area contributed by atoms with Gasteiger partial charge in [-0.25, -0.2) is 13.1 Å². The third-order valence-electron chi connectivity index (χ3n) is 4.24. The van der Waals surface area contributed by atoms with Crippen LogP contribution in [0.2, 0.25) is 0 Å². The molecule has 0 bridgehead atoms. The van der Waals surface area contributed by atoms with E-state index in [1.807, 2.05) is 7.05 Å². The second kappa shape index (κ2) is 5.83. The highest BCUT2D eigenvalue weighted by molar-refractivity contribution is 7.89. The van der Waals surface area contributed by atoms with Crippen molar-refractivity contribution in [1.82, 2.24) is 19.8 Å². The van der Waals surface area contributed by atoms with Crippen molar-refractivity contribution in [2.24, 2.45) is 11.3 Å². The highest BCUT2D eigenvalue weighted by Crippen LogP contribution is 2.51. The van der Waals surface area contributed by atoms with E-state index in [2.05, 4.69) is 29.0 Å². The van der Waals surface area contributed by atoms with Gasteiger partial charge >= 0.3 is 0 Å². The second-order valence-electron chi connectivity index (χ2n) is 5.88. The molecule has 1 aliphatic rings. The summed E-state index contributed by atoms with van der Waals surface area (Å²) in [6.07, 6.45) is 5.20. The van der Waals surface area contributed by atoms with Crippen molar-refractivity contribution in [3.63, 3.8) is 0 Å². The van der Waals surface area contributed by atoms with Crippen LogP contribution in [0, 0.1) is 11.3 Å². The number of hydrogen-bond donors (Lipinski definition) is 2. The summed E-state index contributed by atoms with van der Waals surface area (Å²) in [6.45, 7) is 6.23. The van der Waals surface area contributed by atoms with Crippen LogP contribution in [-0.2, 0) is 16.6 Å². The van der Waals surface area contributed by atoms with E-state index in [0.717, 1.165) is 19.4 Å². The van der Waals surface area contributed by atoms with Gasteiger partial charge in [0.1, 0.15) is 4.90 Å². The van der Waals surface area contributed by atoms with Crippen LogP contribution in [0.1, 0.15) is 26.7 Å². The average Bonchev–Trinajstić information content (AvgIpc) is 3.05. The van der Waals surface area contributed by atoms with E-state index in [1.165, 1.54) is 6.20 Å². The van der Waals surface area contributed by atoms with Crippen molar-refractivity contribution in [3.8, 4) is 0 Å². The van der Waals surface area contributed by atoms with Gasteiger partial charge in [0.15, 0.2) is 0 Å². The summed E-state index contributed by atoms with van der Waals surface area (Å²) in [5.74, 6) is 0.503. The van der Waals surface area contributed by atoms with Crippen LogP contribution in [0.25, 0.3) is 0 Å². The van der Waals surface area contributed by atoms with Gasteiger partial charge in [-0.15, -0.1) is 0 Å². The molecule has 1 aliphatic carbocycles. The number of aromatic nitrogens is 2. The Labute approximate surface area is 121 Å². The number of hydrogen-bond acceptors (Lipinski definition) is 4. The molecule has 0 amide bonds. The summed E-state index contributed by atoms with van der Waals surface area (Å²) in [5, 5.41) is 7.08. The smallest absolute Gasteiger partial charge is 0.243 e. The van der Waals surface area contributed by atoms with Crippen molar-refractivity contribution < 1.29 is 8.42 Å². The van der Waals surface area contributed by atoms with Crippen LogP contribution < -0.4 is 10.0 Å². The quantitative estimate of drug-likeness (QED) is 0.745. The van der Waals surface area contributed by atoms with E-state index in [4.69, 9.17) is 0 Å². The van der Waals surface area contributed by atoms with Gasteiger partial charge in [0.2, 0.25) is 10.0 Å². The number of nitrogens with zero attached hydrogens (tertiary/aromatic N) is 2. The molecular formula is C13H24N4O2S. The van der Waals surface area contributed by atoms with Crippen LogP contribution >= 0.6 is 0 Å². The molecular weight excluding hydrogens is 276 g/mol. The third-order valence-corrected chi connectivity index (χ3v) is 5.60. The Morgan fingerprint density at radius 2 is 2.15 bits per heavy atom. The highest BCUT2D eigenvalue weighted by atomic mass is 32.2. The predicted octanol–water partition coefficient (Wildman–Crippen LogP) is 0.817. The largest absolute Gasteiger partial charge is 0.318 e. The van der Waals surface area contributed by atoms with Gasteiger partial charge in [0.05, 0.1) is 12.7 Å². The minimum absolute atomic E-state index is 0.162. The number of rotatable bonds is 8. The molecule has 1 saturated carbocycles. The molecule has 1 fully saturated rings. The monoisotopic (exact) mass is 300 g/mol. The molecule has 7 heteroatoms. The minimum atomic E-state index is -3.44. The first-order valence-electron chi connectivity index (χ1n) is 7.06. The third kappa shape index (κ3) is 3.39. The molecule has 0 radical (unpaired) electrons. The van der Waals surface area contributed by atoms with E-state index < -0.39 is 10.0 Å². The molecule has 1 aromatic heterocycles. The molecule has 0 atom stereocenters. The molecule has 6 nitrogen and oxygen atoms in total. The number of sulfonamides is 1. The van der Waals surface area contributed by atoms with Gasteiger partial charge in [-0.1, -0.05) is 13.8 Å². The molecule has 114 valence electrons. The van der Waals surface area contributed by atoms with E-state index in [-0.39, 0.29) is 10.3 Å². The fraction of sp³-hybridized carbons (Fsp3) is 0.769. The topological polar surface area (TPSA) is 76.0 Å². The maximum atomic E-state index is 12.2. The second-order valence-corrected chi connectivity index (χ2v) is 7.65. The number of likely N-dealkylation sites (N-methyl/N-ethyl adjacent to an activating group) is 1. The molecule has 2 N–H and O–H groups in total. The first kappa shape index (κ1) is 15.5. The van der Waals surface area contributed by atoms with Crippen molar-refractivity contribution >= 4 is 10.0 Å². The standard InChI is InChI=1S/C13H24N4O2S/c1-11(2)13(4-5-13)10-16-20(18,19)12-8-15-17(9-12)7-6-14-3/h8-9,11,14,16H,4-7,10H2,1-3H3. The summed E-state index contributed by atoms with van der Waals surface area (Å²) in [7, 11) is -1.59. The van der Waals surface area contributed by atoms with Gasteiger partial charge in [0, 0.05) is 19.3 Å². The fourth-order valence-corrected chi connectivity index (χ4v) is 3.36. The van der Waals surface area contributed by atoms with Gasteiger partial charge in [0.25, 0.3) is 0 Å².